The lowest BCUT2D eigenvalue weighted by Crippen LogP contribution is -1.99. The number of esters is 1. The maximum absolute atomic E-state index is 10.8. The van der Waals surface area contributed by atoms with Gasteiger partial charge in [-0.25, -0.2) is 0 Å². The first kappa shape index (κ1) is 16.8. The van der Waals surface area contributed by atoms with Crippen molar-refractivity contribution in [1.82, 2.24) is 0 Å². The minimum atomic E-state index is -0.0706. The second kappa shape index (κ2) is 13.9. The smallest absolute Gasteiger partial charge is 0.305 e. The molecule has 0 aliphatic carbocycles. The molecule has 0 saturated heterocycles. The van der Waals surface area contributed by atoms with E-state index in [2.05, 4.69) is 11.0 Å². The van der Waals surface area contributed by atoms with Crippen molar-refractivity contribution >= 4 is 17.7 Å². The lowest BCUT2D eigenvalue weighted by molar-refractivity contribution is -0.140. The summed E-state index contributed by atoms with van der Waals surface area (Å²) in [5.74, 6) is 1.24. The Morgan fingerprint density at radius 1 is 0.882 bits per heavy atom. The summed E-state index contributed by atoms with van der Waals surface area (Å²) >= 11 is 1.95. The van der Waals surface area contributed by atoms with E-state index in [9.17, 15) is 4.79 Å². The highest BCUT2D eigenvalue weighted by Gasteiger charge is 1.98. The van der Waals surface area contributed by atoms with Gasteiger partial charge in [-0.05, 0) is 24.9 Å². The van der Waals surface area contributed by atoms with Crippen LogP contribution in [0.15, 0.2) is 0 Å². The Morgan fingerprint density at radius 3 is 1.82 bits per heavy atom. The molecule has 0 heterocycles. The van der Waals surface area contributed by atoms with Gasteiger partial charge in [0.15, 0.2) is 0 Å². The molecule has 0 saturated carbocycles. The Hall–Kier alpha value is -0.180. The van der Waals surface area contributed by atoms with Crippen LogP contribution >= 0.6 is 11.8 Å². The van der Waals surface area contributed by atoms with E-state index in [0.717, 1.165) is 6.42 Å². The lowest BCUT2D eigenvalue weighted by Gasteiger charge is -2.02. The number of hydrogen-bond acceptors (Lipinski definition) is 3. The van der Waals surface area contributed by atoms with Gasteiger partial charge in [-0.1, -0.05) is 44.9 Å². The van der Waals surface area contributed by atoms with Gasteiger partial charge < -0.3 is 4.74 Å². The summed E-state index contributed by atoms with van der Waals surface area (Å²) in [7, 11) is 1.46. The second-order valence-corrected chi connectivity index (χ2v) is 5.49. The molecule has 0 N–H and O–H groups in total. The normalized spacial score (nSPS) is 10.5. The van der Waals surface area contributed by atoms with Crippen molar-refractivity contribution in [1.29, 1.82) is 0 Å². The zero-order chi connectivity index (χ0) is 12.8. The third kappa shape index (κ3) is 13.8. The second-order valence-electron chi connectivity index (χ2n) is 4.50. The fourth-order valence-corrected chi connectivity index (χ4v) is 2.35. The van der Waals surface area contributed by atoms with Crippen molar-refractivity contribution in [3.63, 3.8) is 0 Å². The molecule has 102 valence electrons. The van der Waals surface area contributed by atoms with Crippen molar-refractivity contribution in [2.45, 2.75) is 64.2 Å². The molecule has 0 atom stereocenters. The Labute approximate surface area is 111 Å². The van der Waals surface area contributed by atoms with Crippen molar-refractivity contribution < 1.29 is 9.53 Å². The molecule has 2 nitrogen and oxygen atoms in total. The van der Waals surface area contributed by atoms with Crippen LogP contribution in [0.5, 0.6) is 0 Å². The van der Waals surface area contributed by atoms with Crippen LogP contribution in [-0.2, 0) is 9.53 Å². The minimum absolute atomic E-state index is 0.0706. The van der Waals surface area contributed by atoms with E-state index in [-0.39, 0.29) is 5.97 Å². The van der Waals surface area contributed by atoms with Crippen LogP contribution in [0.3, 0.4) is 0 Å². The van der Waals surface area contributed by atoms with Gasteiger partial charge in [0.1, 0.15) is 0 Å². The van der Waals surface area contributed by atoms with Gasteiger partial charge in [0.05, 0.1) is 7.11 Å². The summed E-state index contributed by atoms with van der Waals surface area (Å²) in [6, 6.07) is 0. The van der Waals surface area contributed by atoms with Gasteiger partial charge in [-0.15, -0.1) is 0 Å². The molecule has 0 unspecified atom stereocenters. The summed E-state index contributed by atoms with van der Waals surface area (Å²) in [4.78, 5) is 10.8. The zero-order valence-corrected chi connectivity index (χ0v) is 12.3. The molecule has 0 aliphatic heterocycles. The molecule has 0 radical (unpaired) electrons. The summed E-state index contributed by atoms with van der Waals surface area (Å²) in [5.41, 5.74) is 0. The standard InChI is InChI=1S/C14H28O2S/c1-16-14(15)12-10-8-6-4-3-5-7-9-11-13-17-2/h3-13H2,1-2H3. The molecule has 0 spiro atoms. The van der Waals surface area contributed by atoms with Crippen molar-refractivity contribution in [2.75, 3.05) is 19.1 Å². The van der Waals surface area contributed by atoms with E-state index in [1.807, 2.05) is 11.8 Å². The van der Waals surface area contributed by atoms with E-state index >= 15 is 0 Å². The summed E-state index contributed by atoms with van der Waals surface area (Å²) in [6.07, 6.45) is 14.4. The Bertz CT molecular complexity index is 172. The van der Waals surface area contributed by atoms with E-state index in [1.54, 1.807) is 0 Å². The molecule has 0 aliphatic rings. The fourth-order valence-electron chi connectivity index (χ4n) is 1.86. The quantitative estimate of drug-likeness (QED) is 0.384. The molecule has 17 heavy (non-hydrogen) atoms. The van der Waals surface area contributed by atoms with Gasteiger partial charge in [0.25, 0.3) is 0 Å². The highest BCUT2D eigenvalue weighted by atomic mass is 32.2. The molecule has 0 bridgehead atoms. The van der Waals surface area contributed by atoms with Gasteiger partial charge in [0, 0.05) is 6.42 Å². The number of thioether (sulfide) groups is 1. The molecule has 0 amide bonds. The lowest BCUT2D eigenvalue weighted by atomic mass is 10.1. The van der Waals surface area contributed by atoms with Crippen LogP contribution in [0, 0.1) is 0 Å². The fraction of sp³-hybridized carbons (Fsp3) is 0.929. The van der Waals surface area contributed by atoms with Crippen LogP contribution in [0.25, 0.3) is 0 Å². The molecule has 0 aromatic carbocycles. The topological polar surface area (TPSA) is 26.3 Å². The van der Waals surface area contributed by atoms with Crippen molar-refractivity contribution in [3.8, 4) is 0 Å². The number of ether oxygens (including phenoxy) is 1. The predicted octanol–water partition coefficient (Wildman–Crippen LogP) is 4.42. The average Bonchev–Trinajstić information content (AvgIpc) is 2.35. The van der Waals surface area contributed by atoms with Crippen molar-refractivity contribution in [3.05, 3.63) is 0 Å². The molecule has 0 fully saturated rings. The molecule has 0 rings (SSSR count). The molecular weight excluding hydrogens is 232 g/mol. The minimum Gasteiger partial charge on any atom is -0.469 e. The number of hydrogen-bond donors (Lipinski definition) is 0. The summed E-state index contributed by atoms with van der Waals surface area (Å²) in [5, 5.41) is 0. The average molecular weight is 260 g/mol. The summed E-state index contributed by atoms with van der Waals surface area (Å²) < 4.78 is 4.60. The number of rotatable bonds is 12. The highest BCUT2D eigenvalue weighted by Crippen LogP contribution is 2.11. The number of unbranched alkanes of at least 4 members (excludes halogenated alkanes) is 8. The van der Waals surface area contributed by atoms with E-state index in [1.165, 1.54) is 64.2 Å². The Morgan fingerprint density at radius 2 is 1.35 bits per heavy atom. The van der Waals surface area contributed by atoms with Crippen LogP contribution in [-0.4, -0.2) is 25.1 Å². The Kier molecular flexibility index (Phi) is 13.7. The van der Waals surface area contributed by atoms with Crippen LogP contribution < -0.4 is 0 Å². The predicted molar refractivity (Wildman–Crippen MR) is 76.6 cm³/mol. The van der Waals surface area contributed by atoms with Gasteiger partial charge in [-0.2, -0.15) is 11.8 Å². The Balaban J connectivity index is 2.96. The van der Waals surface area contributed by atoms with Crippen LogP contribution in [0.2, 0.25) is 0 Å². The van der Waals surface area contributed by atoms with Gasteiger partial charge in [0.2, 0.25) is 0 Å². The molecule has 3 heteroatoms. The van der Waals surface area contributed by atoms with E-state index in [0.29, 0.717) is 6.42 Å². The molecular formula is C14H28O2S. The van der Waals surface area contributed by atoms with Gasteiger partial charge >= 0.3 is 5.97 Å². The van der Waals surface area contributed by atoms with Crippen LogP contribution in [0.1, 0.15) is 64.2 Å². The third-order valence-electron chi connectivity index (χ3n) is 2.96. The maximum atomic E-state index is 10.8. The van der Waals surface area contributed by atoms with Crippen molar-refractivity contribution in [2.24, 2.45) is 0 Å². The molecule has 0 aromatic heterocycles. The number of methoxy groups -OCH3 is 1. The first-order chi connectivity index (χ1) is 8.31. The van der Waals surface area contributed by atoms with Gasteiger partial charge in [-0.3, -0.25) is 4.79 Å². The number of carbonyl (C=O) groups is 1. The first-order valence-electron chi connectivity index (χ1n) is 6.87. The number of carbonyl (C=O) groups excluding carboxylic acids is 1. The zero-order valence-electron chi connectivity index (χ0n) is 11.5. The van der Waals surface area contributed by atoms with Crippen LogP contribution in [0.4, 0.5) is 0 Å². The first-order valence-corrected chi connectivity index (χ1v) is 8.26. The van der Waals surface area contributed by atoms with E-state index < -0.39 is 0 Å². The highest BCUT2D eigenvalue weighted by molar-refractivity contribution is 7.98. The molecule has 0 aromatic rings. The maximum Gasteiger partial charge on any atom is 0.305 e. The summed E-state index contributed by atoms with van der Waals surface area (Å²) in [6.45, 7) is 0. The monoisotopic (exact) mass is 260 g/mol. The third-order valence-corrected chi connectivity index (χ3v) is 3.65. The van der Waals surface area contributed by atoms with E-state index in [4.69, 9.17) is 0 Å². The largest absolute Gasteiger partial charge is 0.469 e. The SMILES string of the molecule is COC(=O)CCCCCCCCCCCSC.